The number of amides is 8. The Morgan fingerprint density at radius 2 is 1.05 bits per heavy atom. The molecule has 13 N–H and O–H groups in total. The lowest BCUT2D eigenvalue weighted by Crippen LogP contribution is -2.61. The van der Waals surface area contributed by atoms with Gasteiger partial charge in [0, 0.05) is 53.5 Å². The molecule has 7 atom stereocenters. The fraction of sp³-hybridized carbons (Fsp3) is 0.514. The van der Waals surface area contributed by atoms with Gasteiger partial charge in [0.1, 0.15) is 42.3 Å². The molecule has 1 aromatic carbocycles. The van der Waals surface area contributed by atoms with Crippen molar-refractivity contribution in [1.82, 2.24) is 42.2 Å². The van der Waals surface area contributed by atoms with Crippen molar-refractivity contribution >= 4 is 115 Å². The van der Waals surface area contributed by atoms with Crippen molar-refractivity contribution in [2.24, 2.45) is 11.5 Å². The molecule has 2 rings (SSSR count). The molecule has 8 amide bonds. The number of hydrogen-bond donors (Lipinski definition) is 15. The summed E-state index contributed by atoms with van der Waals surface area (Å²) in [6.07, 6.45) is 2.08. The second-order valence-electron chi connectivity index (χ2n) is 13.2. The number of H-pyrrole nitrogens is 1. The lowest BCUT2D eigenvalue weighted by atomic mass is 10.0. The summed E-state index contributed by atoms with van der Waals surface area (Å²) in [4.78, 5) is 118. The van der Waals surface area contributed by atoms with E-state index in [0.29, 0.717) is 24.9 Å². The van der Waals surface area contributed by atoms with Gasteiger partial charge in [-0.25, -0.2) is 0 Å². The summed E-state index contributed by atoms with van der Waals surface area (Å²) in [5.74, 6) is -9.31. The number of carboxylic acids is 1. The molecule has 0 spiro atoms. The number of rotatable bonds is 26. The van der Waals surface area contributed by atoms with Crippen LogP contribution in [0.15, 0.2) is 30.5 Å². The SMILES string of the molecule is CC(=O)N[C@@H](Cc1c[nH]c2ccccc12)C(=O)N[C@@H](CC(=O)O)C(=O)N[C@@H](CS)C(=O)N[C@@H](CS)C(=O)N[C@@H](CS)C(=O)N[C@@H](CS)C(=O)N[C@@H](CCCCN)C(N)=O. The van der Waals surface area contributed by atoms with E-state index in [4.69, 9.17) is 11.5 Å². The van der Waals surface area contributed by atoms with E-state index in [2.05, 4.69) is 92.7 Å². The molecule has 20 nitrogen and oxygen atoms in total. The van der Waals surface area contributed by atoms with Gasteiger partial charge in [0.15, 0.2) is 0 Å². The predicted octanol–water partition coefficient (Wildman–Crippen LogP) is -3.07. The maximum Gasteiger partial charge on any atom is 0.305 e. The first-order valence-electron chi connectivity index (χ1n) is 18.3. The molecule has 1 aromatic heterocycles. The first-order valence-corrected chi connectivity index (χ1v) is 20.8. The number of fused-ring (bicyclic) bond motifs is 1. The largest absolute Gasteiger partial charge is 0.481 e. The van der Waals surface area contributed by atoms with Crippen LogP contribution in [0.3, 0.4) is 0 Å². The van der Waals surface area contributed by atoms with Crippen molar-refractivity contribution in [2.45, 2.75) is 81.3 Å². The molecule has 1 heterocycles. The molecule has 0 fully saturated rings. The van der Waals surface area contributed by atoms with Crippen molar-refractivity contribution in [2.75, 3.05) is 29.6 Å². The summed E-state index contributed by atoms with van der Waals surface area (Å²) in [5, 5.41) is 27.2. The standard InChI is InChI=1S/C35H52N10O10S4/c1-17(46)39-22(10-18-12-38-20-7-3-2-6-19(18)20)30(50)41-23(11-28(47)48)31(51)42-25(14-57)33(53)44-27(16-59)35(55)45-26(15-58)34(54)43-24(13-56)32(52)40-21(29(37)49)8-4-5-9-36/h2-3,6-7,12,21-27,38,56-59H,4-5,8-11,13-16,36H2,1H3,(H2,37,49)(H,39,46)(H,40,52)(H,41,50)(H,42,51)(H,43,54)(H,44,53)(H,45,55)(H,47,48)/t21-,22-,23-,24-,25-,26-,27-/m0/s1. The minimum absolute atomic E-state index is 0.0140. The molecule has 0 aliphatic carbocycles. The van der Waals surface area contributed by atoms with Gasteiger partial charge in [-0.15, -0.1) is 0 Å². The Hall–Kier alpha value is -4.65. The summed E-state index contributed by atoms with van der Waals surface area (Å²) < 4.78 is 0. The number of carboxylic acid groups (broad SMARTS) is 1. The molecule has 24 heteroatoms. The maximum atomic E-state index is 13.4. The second-order valence-corrected chi connectivity index (χ2v) is 14.7. The number of thiol groups is 4. The zero-order valence-corrected chi connectivity index (χ0v) is 35.6. The number of benzene rings is 1. The van der Waals surface area contributed by atoms with Gasteiger partial charge in [0.2, 0.25) is 47.3 Å². The van der Waals surface area contributed by atoms with E-state index in [1.807, 2.05) is 18.2 Å². The van der Waals surface area contributed by atoms with Crippen LogP contribution in [0.1, 0.15) is 38.2 Å². The van der Waals surface area contributed by atoms with E-state index in [-0.39, 0.29) is 35.9 Å². The Balaban J connectivity index is 2.10. The summed E-state index contributed by atoms with van der Waals surface area (Å²) in [6.45, 7) is 1.57. The van der Waals surface area contributed by atoms with Gasteiger partial charge in [-0.1, -0.05) is 18.2 Å². The topological polar surface area (TPSA) is 326 Å². The maximum absolute atomic E-state index is 13.4. The third-order valence-electron chi connectivity index (χ3n) is 8.67. The number of carbonyl (C=O) groups excluding carboxylic acids is 8. The fourth-order valence-electron chi connectivity index (χ4n) is 5.55. The summed E-state index contributed by atoms with van der Waals surface area (Å²) >= 11 is 16.5. The Bertz CT molecular complexity index is 1820. The van der Waals surface area contributed by atoms with E-state index in [0.717, 1.165) is 10.9 Å². The number of aromatic amines is 1. The lowest BCUT2D eigenvalue weighted by Gasteiger charge is -2.26. The molecule has 59 heavy (non-hydrogen) atoms. The average Bonchev–Trinajstić information content (AvgIpc) is 3.60. The summed E-state index contributed by atoms with van der Waals surface area (Å²) in [7, 11) is 0. The normalized spacial score (nSPS) is 14.5. The average molecular weight is 901 g/mol. The fourth-order valence-corrected chi connectivity index (χ4v) is 6.58. The van der Waals surface area contributed by atoms with Gasteiger partial charge in [-0.3, -0.25) is 43.2 Å². The zero-order chi connectivity index (χ0) is 44.2. The number of primary amides is 1. The number of aromatic nitrogens is 1. The number of nitrogens with two attached hydrogens (primary N) is 2. The molecular weight excluding hydrogens is 849 g/mol. The van der Waals surface area contributed by atoms with Crippen LogP contribution in [0.2, 0.25) is 0 Å². The Morgan fingerprint density at radius 1 is 0.627 bits per heavy atom. The molecule has 0 aliphatic rings. The molecule has 0 unspecified atom stereocenters. The van der Waals surface area contributed by atoms with Crippen LogP contribution in [0.4, 0.5) is 0 Å². The first-order chi connectivity index (χ1) is 28.0. The highest BCUT2D eigenvalue weighted by atomic mass is 32.1. The van der Waals surface area contributed by atoms with Crippen LogP contribution in [0.5, 0.6) is 0 Å². The third kappa shape index (κ3) is 16.5. The first kappa shape index (κ1) is 50.5. The van der Waals surface area contributed by atoms with Crippen LogP contribution in [0.25, 0.3) is 10.9 Å². The van der Waals surface area contributed by atoms with Crippen molar-refractivity contribution in [3.8, 4) is 0 Å². The minimum Gasteiger partial charge on any atom is -0.481 e. The minimum atomic E-state index is -1.71. The Labute approximate surface area is 362 Å². The van der Waals surface area contributed by atoms with Gasteiger partial charge in [0.05, 0.1) is 6.42 Å². The highest BCUT2D eigenvalue weighted by Crippen LogP contribution is 2.19. The summed E-state index contributed by atoms with van der Waals surface area (Å²) in [6, 6.07) is -2.17. The molecule has 0 saturated carbocycles. The summed E-state index contributed by atoms with van der Waals surface area (Å²) in [5.41, 5.74) is 12.3. The molecule has 0 saturated heterocycles. The van der Waals surface area contributed by atoms with Gasteiger partial charge >= 0.3 is 5.97 Å². The molecular formula is C35H52N10O10S4. The van der Waals surface area contributed by atoms with Gasteiger partial charge < -0.3 is 58.8 Å². The van der Waals surface area contributed by atoms with Crippen molar-refractivity contribution in [3.05, 3.63) is 36.0 Å². The van der Waals surface area contributed by atoms with E-state index >= 15 is 0 Å². The molecule has 0 aliphatic heterocycles. The van der Waals surface area contributed by atoms with Crippen molar-refractivity contribution in [1.29, 1.82) is 0 Å². The number of carbonyl (C=O) groups is 9. The van der Waals surface area contributed by atoms with E-state index < -0.39 is 102 Å². The number of nitrogens with one attached hydrogen (secondary N) is 8. The number of aliphatic carboxylic acids is 1. The predicted molar refractivity (Wildman–Crippen MR) is 231 cm³/mol. The van der Waals surface area contributed by atoms with Crippen LogP contribution in [0, 0.1) is 0 Å². The second kappa shape index (κ2) is 25.8. The molecule has 0 radical (unpaired) electrons. The highest BCUT2D eigenvalue weighted by molar-refractivity contribution is 7.80. The quantitative estimate of drug-likeness (QED) is 0.0332. The molecule has 326 valence electrons. The van der Waals surface area contributed by atoms with Crippen LogP contribution < -0.4 is 48.7 Å². The number of hydrogen-bond acceptors (Lipinski definition) is 14. The van der Waals surface area contributed by atoms with Crippen LogP contribution >= 0.6 is 50.5 Å². The highest BCUT2D eigenvalue weighted by Gasteiger charge is 2.34. The molecule has 2 aromatic rings. The van der Waals surface area contributed by atoms with Crippen molar-refractivity contribution < 1.29 is 48.3 Å². The Kier molecular flexibility index (Phi) is 22.0. The monoisotopic (exact) mass is 900 g/mol. The van der Waals surface area contributed by atoms with E-state index in [1.54, 1.807) is 12.3 Å². The smallest absolute Gasteiger partial charge is 0.305 e. The van der Waals surface area contributed by atoms with Gasteiger partial charge in [-0.05, 0) is 37.4 Å². The van der Waals surface area contributed by atoms with Crippen molar-refractivity contribution in [3.63, 3.8) is 0 Å². The van der Waals surface area contributed by atoms with E-state index in [1.165, 1.54) is 6.92 Å². The zero-order valence-electron chi connectivity index (χ0n) is 32.1. The van der Waals surface area contributed by atoms with Gasteiger partial charge in [0.25, 0.3) is 0 Å². The van der Waals surface area contributed by atoms with E-state index in [9.17, 15) is 48.3 Å². The molecule has 0 bridgehead atoms. The Morgan fingerprint density at radius 3 is 1.47 bits per heavy atom. The van der Waals surface area contributed by atoms with Crippen LogP contribution in [-0.2, 0) is 49.6 Å². The van der Waals surface area contributed by atoms with Gasteiger partial charge in [-0.2, -0.15) is 50.5 Å². The lowest BCUT2D eigenvalue weighted by molar-refractivity contribution is -0.141. The number of unbranched alkanes of at least 4 members (excludes halogenated alkanes) is 1. The third-order valence-corrected chi connectivity index (χ3v) is 10.1. The number of para-hydroxylation sites is 1. The van der Waals surface area contributed by atoms with Crippen LogP contribution in [-0.4, -0.2) is 135 Å².